The van der Waals surface area contributed by atoms with Crippen molar-refractivity contribution >= 4 is 23.6 Å². The van der Waals surface area contributed by atoms with Gasteiger partial charge in [-0.25, -0.2) is 0 Å². The summed E-state index contributed by atoms with van der Waals surface area (Å²) in [6, 6.07) is 3.78. The molecular weight excluding hydrogens is 254 g/mol. The lowest BCUT2D eigenvalue weighted by molar-refractivity contribution is -0.114. The molecule has 0 saturated heterocycles. The summed E-state index contributed by atoms with van der Waals surface area (Å²) >= 11 is 0. The second-order valence-electron chi connectivity index (χ2n) is 6.04. The van der Waals surface area contributed by atoms with Gasteiger partial charge >= 0.3 is 0 Å². The number of phenolic OH excluding ortho intramolecular Hbond substituents is 1. The van der Waals surface area contributed by atoms with Crippen LogP contribution in [0.2, 0.25) is 0 Å². The first-order valence-electron chi connectivity index (χ1n) is 6.70. The highest BCUT2D eigenvalue weighted by Crippen LogP contribution is 2.39. The second kappa shape index (κ2) is 5.15. The van der Waals surface area contributed by atoms with Crippen molar-refractivity contribution in [1.29, 1.82) is 0 Å². The molecule has 108 valence electrons. The van der Waals surface area contributed by atoms with E-state index < -0.39 is 0 Å². The smallest absolute Gasteiger partial charge is 0.221 e. The molecule has 1 aromatic carbocycles. The van der Waals surface area contributed by atoms with Crippen LogP contribution in [0.5, 0.6) is 5.75 Å². The van der Waals surface area contributed by atoms with Crippen molar-refractivity contribution in [1.82, 2.24) is 0 Å². The zero-order chi connectivity index (χ0) is 14.9. The fourth-order valence-electron chi connectivity index (χ4n) is 2.12. The Kier molecular flexibility index (Phi) is 3.70. The molecule has 1 heterocycles. The van der Waals surface area contributed by atoms with Crippen LogP contribution < -0.4 is 10.2 Å². The summed E-state index contributed by atoms with van der Waals surface area (Å²) in [5.41, 5.74) is 2.10. The van der Waals surface area contributed by atoms with Gasteiger partial charge in [0, 0.05) is 13.5 Å². The number of benzene rings is 1. The molecule has 1 aliphatic rings. The topological polar surface area (TPSA) is 64.9 Å². The number of aromatic hydroxyl groups is 1. The maximum atomic E-state index is 11.3. The van der Waals surface area contributed by atoms with Crippen molar-refractivity contribution in [3.63, 3.8) is 0 Å². The number of nitrogens with zero attached hydrogens (tertiary/aromatic N) is 2. The van der Waals surface area contributed by atoms with Crippen LogP contribution in [0.4, 0.5) is 11.4 Å². The van der Waals surface area contributed by atoms with Gasteiger partial charge in [-0.2, -0.15) is 0 Å². The summed E-state index contributed by atoms with van der Waals surface area (Å²) < 4.78 is 0. The fourth-order valence-corrected chi connectivity index (χ4v) is 2.12. The van der Waals surface area contributed by atoms with Gasteiger partial charge in [0.1, 0.15) is 0 Å². The predicted molar refractivity (Wildman–Crippen MR) is 81.8 cm³/mol. The van der Waals surface area contributed by atoms with E-state index in [9.17, 15) is 9.90 Å². The Labute approximate surface area is 119 Å². The zero-order valence-electron chi connectivity index (χ0n) is 12.4. The Morgan fingerprint density at radius 3 is 2.60 bits per heavy atom. The van der Waals surface area contributed by atoms with Gasteiger partial charge in [-0.1, -0.05) is 20.8 Å². The fraction of sp³-hybridized carbons (Fsp3) is 0.467. The molecular formula is C15H21N3O2. The Balaban J connectivity index is 2.54. The molecule has 0 radical (unpaired) electrons. The minimum atomic E-state index is -0.201. The molecule has 0 atom stereocenters. The van der Waals surface area contributed by atoms with Crippen LogP contribution in [0.25, 0.3) is 0 Å². The number of carbonyl (C=O) groups is 1. The SMILES string of the molecule is CC(=O)Nc1cc(C(C)(C)C)cc(N2C=NCC2)c1O. The van der Waals surface area contributed by atoms with Crippen LogP contribution in [-0.2, 0) is 10.2 Å². The van der Waals surface area contributed by atoms with Gasteiger partial charge in [0.25, 0.3) is 0 Å². The zero-order valence-corrected chi connectivity index (χ0v) is 12.4. The van der Waals surface area contributed by atoms with Gasteiger partial charge in [0.2, 0.25) is 5.91 Å². The van der Waals surface area contributed by atoms with Crippen LogP contribution in [0, 0.1) is 0 Å². The van der Waals surface area contributed by atoms with E-state index in [1.165, 1.54) is 6.92 Å². The predicted octanol–water partition coefficient (Wildman–Crippen LogP) is 2.50. The van der Waals surface area contributed by atoms with E-state index in [1.807, 2.05) is 17.0 Å². The molecule has 20 heavy (non-hydrogen) atoms. The number of nitrogens with one attached hydrogen (secondary N) is 1. The number of anilines is 2. The Morgan fingerprint density at radius 1 is 1.40 bits per heavy atom. The summed E-state index contributed by atoms with van der Waals surface area (Å²) in [6.07, 6.45) is 1.72. The molecule has 0 aromatic heterocycles. The molecule has 5 heteroatoms. The number of hydrogen-bond donors (Lipinski definition) is 2. The van der Waals surface area contributed by atoms with Crippen LogP contribution >= 0.6 is 0 Å². The molecule has 2 N–H and O–H groups in total. The maximum Gasteiger partial charge on any atom is 0.221 e. The number of carbonyl (C=O) groups excluding carboxylic acids is 1. The lowest BCUT2D eigenvalue weighted by Gasteiger charge is -2.25. The van der Waals surface area contributed by atoms with Gasteiger partial charge in [0.15, 0.2) is 5.75 Å². The minimum absolute atomic E-state index is 0.0768. The number of rotatable bonds is 2. The third kappa shape index (κ3) is 2.92. The summed E-state index contributed by atoms with van der Waals surface area (Å²) in [6.45, 7) is 9.17. The molecule has 1 aromatic rings. The number of amides is 1. The first-order valence-corrected chi connectivity index (χ1v) is 6.70. The maximum absolute atomic E-state index is 11.3. The summed E-state index contributed by atoms with van der Waals surface area (Å²) in [5.74, 6) is -0.117. The van der Waals surface area contributed by atoms with E-state index >= 15 is 0 Å². The molecule has 1 amide bonds. The van der Waals surface area contributed by atoms with E-state index in [0.29, 0.717) is 17.9 Å². The molecule has 1 aliphatic heterocycles. The normalized spacial score (nSPS) is 14.7. The average Bonchev–Trinajstić information content (AvgIpc) is 2.83. The largest absolute Gasteiger partial charge is 0.504 e. The lowest BCUT2D eigenvalue weighted by Crippen LogP contribution is -2.21. The molecule has 0 saturated carbocycles. The first-order chi connectivity index (χ1) is 9.29. The van der Waals surface area contributed by atoms with Gasteiger partial charge in [-0.3, -0.25) is 9.79 Å². The van der Waals surface area contributed by atoms with Gasteiger partial charge in [-0.05, 0) is 23.1 Å². The standard InChI is InChI=1S/C15H21N3O2/c1-10(19)17-12-7-11(15(2,3)4)8-13(14(12)20)18-6-5-16-9-18/h7-9,20H,5-6H2,1-4H3,(H,17,19). The van der Waals surface area contributed by atoms with Crippen molar-refractivity contribution in [3.05, 3.63) is 17.7 Å². The number of aliphatic imine (C=N–C) groups is 1. The van der Waals surface area contributed by atoms with Crippen molar-refractivity contribution in [2.24, 2.45) is 4.99 Å². The quantitative estimate of drug-likeness (QED) is 0.815. The third-order valence-electron chi connectivity index (χ3n) is 3.27. The third-order valence-corrected chi connectivity index (χ3v) is 3.27. The van der Waals surface area contributed by atoms with Crippen molar-refractivity contribution in [3.8, 4) is 5.75 Å². The summed E-state index contributed by atoms with van der Waals surface area (Å²) in [7, 11) is 0. The highest BCUT2D eigenvalue weighted by atomic mass is 16.3. The van der Waals surface area contributed by atoms with Gasteiger partial charge in [-0.15, -0.1) is 0 Å². The Morgan fingerprint density at radius 2 is 2.10 bits per heavy atom. The summed E-state index contributed by atoms with van der Waals surface area (Å²) in [5, 5.41) is 13.1. The first kappa shape index (κ1) is 14.4. The second-order valence-corrected chi connectivity index (χ2v) is 6.04. The van der Waals surface area contributed by atoms with Gasteiger partial charge in [0.05, 0.1) is 24.3 Å². The van der Waals surface area contributed by atoms with Crippen LogP contribution in [0.15, 0.2) is 17.1 Å². The van der Waals surface area contributed by atoms with E-state index in [1.54, 1.807) is 6.34 Å². The summed E-state index contributed by atoms with van der Waals surface area (Å²) in [4.78, 5) is 17.4. The molecule has 0 aliphatic carbocycles. The van der Waals surface area contributed by atoms with E-state index in [0.717, 1.165) is 12.1 Å². The highest BCUT2D eigenvalue weighted by molar-refractivity contribution is 5.94. The lowest BCUT2D eigenvalue weighted by atomic mass is 9.86. The van der Waals surface area contributed by atoms with Crippen molar-refractivity contribution in [2.45, 2.75) is 33.1 Å². The van der Waals surface area contributed by atoms with Crippen LogP contribution in [0.1, 0.15) is 33.3 Å². The van der Waals surface area contributed by atoms with E-state index in [2.05, 4.69) is 31.1 Å². The average molecular weight is 275 g/mol. The molecule has 0 fully saturated rings. The van der Waals surface area contributed by atoms with E-state index in [-0.39, 0.29) is 17.1 Å². The van der Waals surface area contributed by atoms with E-state index in [4.69, 9.17) is 0 Å². The molecule has 0 unspecified atom stereocenters. The molecule has 5 nitrogen and oxygen atoms in total. The Bertz CT molecular complexity index is 559. The monoisotopic (exact) mass is 275 g/mol. The molecule has 0 bridgehead atoms. The van der Waals surface area contributed by atoms with Gasteiger partial charge < -0.3 is 15.3 Å². The number of hydrogen-bond acceptors (Lipinski definition) is 4. The van der Waals surface area contributed by atoms with Crippen LogP contribution in [-0.4, -0.2) is 30.4 Å². The van der Waals surface area contributed by atoms with Crippen molar-refractivity contribution < 1.29 is 9.90 Å². The van der Waals surface area contributed by atoms with Crippen LogP contribution in [0.3, 0.4) is 0 Å². The van der Waals surface area contributed by atoms with Crippen molar-refractivity contribution in [2.75, 3.05) is 23.3 Å². The minimum Gasteiger partial charge on any atom is -0.504 e. The molecule has 2 rings (SSSR count). The highest BCUT2D eigenvalue weighted by Gasteiger charge is 2.22. The molecule has 0 spiro atoms. The Hall–Kier alpha value is -2.04. The number of phenols is 1.